The SMILES string of the molecule is CC/C=C\CN(CCCCCCCCCCCCCC)CCCN(CCNC=C1CC1)C(=O)CN(CCCCCCCCC)CCN(CCCCCCCCC)CCCCCCCCC. The number of allylic oxidation sites excluding steroid dienone is 2. The van der Waals surface area contributed by atoms with Gasteiger partial charge in [0.15, 0.2) is 0 Å². The van der Waals surface area contributed by atoms with Crippen molar-refractivity contribution >= 4 is 5.91 Å². The quantitative estimate of drug-likeness (QED) is 0.0486. The van der Waals surface area contributed by atoms with Crippen molar-refractivity contribution in [1.82, 2.24) is 24.9 Å². The summed E-state index contributed by atoms with van der Waals surface area (Å²) in [6.45, 7) is 23.5. The molecule has 0 atom stereocenters. The molecule has 0 bridgehead atoms. The van der Waals surface area contributed by atoms with Gasteiger partial charge in [-0.05, 0) is 83.7 Å². The summed E-state index contributed by atoms with van der Waals surface area (Å²) < 4.78 is 0. The van der Waals surface area contributed by atoms with Gasteiger partial charge in [-0.15, -0.1) is 0 Å². The van der Waals surface area contributed by atoms with Gasteiger partial charge in [0, 0.05) is 45.8 Å². The molecule has 1 rings (SSSR count). The molecule has 0 saturated heterocycles. The van der Waals surface area contributed by atoms with Crippen molar-refractivity contribution in [1.29, 1.82) is 0 Å². The Kier molecular flexibility index (Phi) is 46.5. The lowest BCUT2D eigenvalue weighted by atomic mass is 10.1. The average molecular weight is 913 g/mol. The van der Waals surface area contributed by atoms with Crippen LogP contribution in [0.1, 0.15) is 272 Å². The maximum Gasteiger partial charge on any atom is 0.236 e. The molecule has 1 saturated carbocycles. The zero-order chi connectivity index (χ0) is 46.9. The van der Waals surface area contributed by atoms with E-state index in [0.29, 0.717) is 12.5 Å². The van der Waals surface area contributed by atoms with Crippen LogP contribution in [0.3, 0.4) is 0 Å². The minimum Gasteiger partial charge on any atom is -0.389 e. The molecule has 1 N–H and O–H groups in total. The Morgan fingerprint density at radius 1 is 0.400 bits per heavy atom. The highest BCUT2D eigenvalue weighted by Crippen LogP contribution is 2.26. The second-order valence-electron chi connectivity index (χ2n) is 20.5. The van der Waals surface area contributed by atoms with Crippen LogP contribution in [0.4, 0.5) is 0 Å². The van der Waals surface area contributed by atoms with Crippen LogP contribution >= 0.6 is 0 Å². The summed E-state index contributed by atoms with van der Waals surface area (Å²) in [7, 11) is 0. The molecule has 384 valence electrons. The van der Waals surface area contributed by atoms with Gasteiger partial charge >= 0.3 is 0 Å². The van der Waals surface area contributed by atoms with E-state index in [4.69, 9.17) is 0 Å². The van der Waals surface area contributed by atoms with Crippen molar-refractivity contribution in [3.63, 3.8) is 0 Å². The third-order valence-electron chi connectivity index (χ3n) is 14.0. The van der Waals surface area contributed by atoms with E-state index in [9.17, 15) is 4.79 Å². The molecule has 1 aliphatic rings. The van der Waals surface area contributed by atoms with Crippen molar-refractivity contribution in [3.05, 3.63) is 23.9 Å². The van der Waals surface area contributed by atoms with Crippen LogP contribution in [-0.4, -0.2) is 104 Å². The van der Waals surface area contributed by atoms with Gasteiger partial charge in [0.1, 0.15) is 0 Å². The average Bonchev–Trinajstić information content (AvgIpc) is 4.15. The summed E-state index contributed by atoms with van der Waals surface area (Å²) in [5.41, 5.74) is 1.52. The van der Waals surface area contributed by atoms with E-state index in [-0.39, 0.29) is 0 Å². The van der Waals surface area contributed by atoms with Crippen LogP contribution in [0.15, 0.2) is 23.9 Å². The second-order valence-corrected chi connectivity index (χ2v) is 20.5. The zero-order valence-electron chi connectivity index (χ0n) is 45.1. The summed E-state index contributed by atoms with van der Waals surface area (Å²) in [6.07, 6.45) is 56.7. The Labute approximate surface area is 408 Å². The minimum atomic E-state index is 0.345. The monoisotopic (exact) mass is 912 g/mol. The normalized spacial score (nSPS) is 12.8. The molecule has 0 aromatic heterocycles. The van der Waals surface area contributed by atoms with Crippen molar-refractivity contribution < 1.29 is 4.79 Å². The van der Waals surface area contributed by atoms with E-state index < -0.39 is 0 Å². The number of hydrogen-bond donors (Lipinski definition) is 1. The summed E-state index contributed by atoms with van der Waals surface area (Å²) in [6, 6.07) is 0. The standard InChI is InChI=1S/C59H117N5O/c1-6-11-16-20-24-25-26-27-28-32-35-38-47-61(46-37-15-10-5)51-42-52-64(53-45-60-56-58-43-44-58)59(65)57-63(50-41-36-31-23-19-14-9-4)55-54-62(48-39-33-29-21-17-12-7-2)49-40-34-30-22-18-13-8-3/h15,37,56,60H,6-14,16-36,38-55,57H2,1-5H3/b37-15-. The Morgan fingerprint density at radius 2 is 0.769 bits per heavy atom. The molecule has 0 heterocycles. The predicted octanol–water partition coefficient (Wildman–Crippen LogP) is 16.3. The molecular formula is C59H117N5O. The fourth-order valence-corrected chi connectivity index (χ4v) is 9.40. The first kappa shape index (κ1) is 61.6. The molecule has 0 radical (unpaired) electrons. The number of carbonyl (C=O) groups excluding carboxylic acids is 1. The van der Waals surface area contributed by atoms with Gasteiger partial charge < -0.3 is 15.1 Å². The molecule has 0 aromatic carbocycles. The first-order chi connectivity index (χ1) is 32.1. The van der Waals surface area contributed by atoms with Crippen LogP contribution in [0.2, 0.25) is 0 Å². The van der Waals surface area contributed by atoms with E-state index in [0.717, 1.165) is 65.2 Å². The van der Waals surface area contributed by atoms with Crippen LogP contribution in [-0.2, 0) is 4.79 Å². The number of amides is 1. The third kappa shape index (κ3) is 42.5. The molecule has 6 nitrogen and oxygen atoms in total. The lowest BCUT2D eigenvalue weighted by Crippen LogP contribution is -2.46. The first-order valence-corrected chi connectivity index (χ1v) is 29.6. The third-order valence-corrected chi connectivity index (χ3v) is 14.0. The van der Waals surface area contributed by atoms with E-state index in [1.807, 2.05) is 0 Å². The lowest BCUT2D eigenvalue weighted by Gasteiger charge is -2.31. The van der Waals surface area contributed by atoms with E-state index in [1.165, 1.54) is 250 Å². The minimum absolute atomic E-state index is 0.345. The zero-order valence-corrected chi connectivity index (χ0v) is 45.1. The summed E-state index contributed by atoms with van der Waals surface area (Å²) in [5, 5.41) is 3.57. The number of rotatable bonds is 53. The van der Waals surface area contributed by atoms with Crippen molar-refractivity contribution in [2.75, 3.05) is 78.5 Å². The molecule has 1 amide bonds. The largest absolute Gasteiger partial charge is 0.389 e. The summed E-state index contributed by atoms with van der Waals surface area (Å²) in [4.78, 5) is 24.7. The number of hydrogen-bond acceptors (Lipinski definition) is 5. The van der Waals surface area contributed by atoms with Gasteiger partial charge in [-0.3, -0.25) is 14.6 Å². The van der Waals surface area contributed by atoms with Crippen molar-refractivity contribution in [2.24, 2.45) is 0 Å². The van der Waals surface area contributed by atoms with Gasteiger partial charge in [-0.1, -0.05) is 239 Å². The Hall–Kier alpha value is -1.37. The molecule has 0 unspecified atom stereocenters. The van der Waals surface area contributed by atoms with Gasteiger partial charge in [0.05, 0.1) is 6.54 Å². The first-order valence-electron chi connectivity index (χ1n) is 29.6. The van der Waals surface area contributed by atoms with Crippen molar-refractivity contribution in [2.45, 2.75) is 272 Å². The summed E-state index contributed by atoms with van der Waals surface area (Å²) in [5.74, 6) is 0.345. The molecule has 0 aromatic rings. The maximum atomic E-state index is 14.5. The van der Waals surface area contributed by atoms with Gasteiger partial charge in [0.25, 0.3) is 0 Å². The number of nitrogens with one attached hydrogen (secondary N) is 1. The highest BCUT2D eigenvalue weighted by Gasteiger charge is 2.19. The predicted molar refractivity (Wildman–Crippen MR) is 290 cm³/mol. The van der Waals surface area contributed by atoms with E-state index in [2.05, 4.69) is 77.9 Å². The fraction of sp³-hybridized carbons (Fsp3) is 0.915. The maximum absolute atomic E-state index is 14.5. The number of nitrogens with zero attached hydrogens (tertiary/aromatic N) is 4. The molecule has 6 heteroatoms. The van der Waals surface area contributed by atoms with Gasteiger partial charge in [-0.25, -0.2) is 0 Å². The molecule has 0 aliphatic heterocycles. The lowest BCUT2D eigenvalue weighted by molar-refractivity contribution is -0.132. The highest BCUT2D eigenvalue weighted by atomic mass is 16.2. The topological polar surface area (TPSA) is 42.1 Å². The Balaban J connectivity index is 2.89. The fourth-order valence-electron chi connectivity index (χ4n) is 9.40. The highest BCUT2D eigenvalue weighted by molar-refractivity contribution is 5.78. The summed E-state index contributed by atoms with van der Waals surface area (Å²) >= 11 is 0. The Morgan fingerprint density at radius 3 is 1.18 bits per heavy atom. The number of unbranched alkanes of at least 4 members (excludes halogenated alkanes) is 29. The molecule has 1 fully saturated rings. The smallest absolute Gasteiger partial charge is 0.236 e. The second kappa shape index (κ2) is 49.1. The molecule has 0 spiro atoms. The van der Waals surface area contributed by atoms with Crippen LogP contribution < -0.4 is 5.32 Å². The van der Waals surface area contributed by atoms with Gasteiger partial charge in [0.2, 0.25) is 5.91 Å². The number of carbonyl (C=O) groups is 1. The molecule has 65 heavy (non-hydrogen) atoms. The van der Waals surface area contributed by atoms with E-state index in [1.54, 1.807) is 0 Å². The molecule has 1 aliphatic carbocycles. The van der Waals surface area contributed by atoms with Crippen LogP contribution in [0.5, 0.6) is 0 Å². The van der Waals surface area contributed by atoms with E-state index >= 15 is 0 Å². The van der Waals surface area contributed by atoms with Crippen LogP contribution in [0.25, 0.3) is 0 Å². The molecular weight excluding hydrogens is 795 g/mol. The Bertz CT molecular complexity index is 1020. The van der Waals surface area contributed by atoms with Crippen molar-refractivity contribution in [3.8, 4) is 0 Å². The van der Waals surface area contributed by atoms with Gasteiger partial charge in [-0.2, -0.15) is 0 Å². The van der Waals surface area contributed by atoms with Crippen LogP contribution in [0, 0.1) is 0 Å².